The van der Waals surface area contributed by atoms with E-state index in [4.69, 9.17) is 4.74 Å². The van der Waals surface area contributed by atoms with Gasteiger partial charge in [-0.1, -0.05) is 12.8 Å². The zero-order chi connectivity index (χ0) is 13.7. The maximum Gasteiger partial charge on any atom is 0.323 e. The van der Waals surface area contributed by atoms with E-state index in [0.29, 0.717) is 18.3 Å². The summed E-state index contributed by atoms with van der Waals surface area (Å²) in [6.07, 6.45) is 4.58. The summed E-state index contributed by atoms with van der Waals surface area (Å²) in [6.45, 7) is 1.07. The molecular weight excluding hydrogens is 264 g/mol. The number of rotatable bonds is 4. The summed E-state index contributed by atoms with van der Waals surface area (Å²) >= 11 is 1.74. The predicted molar refractivity (Wildman–Crippen MR) is 75.1 cm³/mol. The second-order valence-corrected chi connectivity index (χ2v) is 6.28. The maximum atomic E-state index is 12.0. The molecule has 1 unspecified atom stereocenters. The molecule has 1 amide bonds. The number of amides is 1. The third-order valence-corrected chi connectivity index (χ3v) is 4.80. The second kappa shape index (κ2) is 7.14. The zero-order valence-corrected chi connectivity index (χ0v) is 12.2. The third-order valence-electron chi connectivity index (χ3n) is 3.78. The Hall–Kier alpha value is -0.750. The Labute approximate surface area is 118 Å². The fourth-order valence-electron chi connectivity index (χ4n) is 2.71. The molecule has 2 aliphatic rings. The van der Waals surface area contributed by atoms with Crippen LogP contribution in [0.5, 0.6) is 0 Å². The van der Waals surface area contributed by atoms with Crippen LogP contribution < -0.4 is 5.32 Å². The van der Waals surface area contributed by atoms with Crippen LogP contribution in [0.15, 0.2) is 0 Å². The van der Waals surface area contributed by atoms with Crippen molar-refractivity contribution in [3.05, 3.63) is 0 Å². The first-order valence-corrected chi connectivity index (χ1v) is 8.05. The highest BCUT2D eigenvalue weighted by Gasteiger charge is 2.31. The number of carbonyl (C=O) groups is 2. The summed E-state index contributed by atoms with van der Waals surface area (Å²) < 4.78 is 4.81. The van der Waals surface area contributed by atoms with E-state index >= 15 is 0 Å². The molecule has 1 heterocycles. The van der Waals surface area contributed by atoms with Crippen molar-refractivity contribution in [2.24, 2.45) is 0 Å². The van der Waals surface area contributed by atoms with E-state index in [1.165, 1.54) is 20.0 Å². The number of nitrogens with zero attached hydrogens (tertiary/aromatic N) is 1. The topological polar surface area (TPSA) is 58.6 Å². The fourth-order valence-corrected chi connectivity index (χ4v) is 3.81. The highest BCUT2D eigenvalue weighted by molar-refractivity contribution is 7.99. The Kier molecular flexibility index (Phi) is 5.51. The number of thioether (sulfide) groups is 1. The molecule has 1 saturated carbocycles. The van der Waals surface area contributed by atoms with Crippen LogP contribution in [-0.4, -0.2) is 60.6 Å². The number of hydrogen-bond acceptors (Lipinski definition) is 5. The number of ether oxygens (including phenoxy) is 1. The van der Waals surface area contributed by atoms with E-state index in [9.17, 15) is 9.59 Å². The van der Waals surface area contributed by atoms with Crippen molar-refractivity contribution in [2.45, 2.75) is 37.8 Å². The van der Waals surface area contributed by atoms with E-state index < -0.39 is 0 Å². The number of hydrogen-bond donors (Lipinski definition) is 1. The second-order valence-electron chi connectivity index (χ2n) is 5.13. The molecule has 2 fully saturated rings. The minimum atomic E-state index is -0.280. The van der Waals surface area contributed by atoms with Gasteiger partial charge in [0.05, 0.1) is 13.7 Å². The monoisotopic (exact) mass is 286 g/mol. The number of carbonyl (C=O) groups excluding carboxylic acids is 2. The van der Waals surface area contributed by atoms with E-state index in [1.807, 2.05) is 4.90 Å². The molecule has 0 aromatic carbocycles. The number of methoxy groups -OCH3 is 1. The van der Waals surface area contributed by atoms with E-state index in [-0.39, 0.29) is 17.9 Å². The van der Waals surface area contributed by atoms with Gasteiger partial charge < -0.3 is 10.1 Å². The van der Waals surface area contributed by atoms with Crippen LogP contribution in [0.25, 0.3) is 0 Å². The van der Waals surface area contributed by atoms with Crippen molar-refractivity contribution >= 4 is 23.6 Å². The SMILES string of the molecule is COC(=O)C1CSCCN1CC(=O)NC1CCCC1. The summed E-state index contributed by atoms with van der Waals surface area (Å²) in [4.78, 5) is 25.6. The molecule has 0 aromatic rings. The molecule has 1 atom stereocenters. The first-order valence-electron chi connectivity index (χ1n) is 6.89. The van der Waals surface area contributed by atoms with Gasteiger partial charge in [0, 0.05) is 24.1 Å². The molecule has 1 aliphatic carbocycles. The Morgan fingerprint density at radius 2 is 2.11 bits per heavy atom. The molecule has 2 rings (SSSR count). The quantitative estimate of drug-likeness (QED) is 0.768. The molecule has 0 aromatic heterocycles. The van der Waals surface area contributed by atoms with Gasteiger partial charge in [0.2, 0.25) is 5.91 Å². The Balaban J connectivity index is 1.84. The Morgan fingerprint density at radius 3 is 2.79 bits per heavy atom. The minimum absolute atomic E-state index is 0.0349. The van der Waals surface area contributed by atoms with Crippen molar-refractivity contribution in [1.82, 2.24) is 10.2 Å². The lowest BCUT2D eigenvalue weighted by atomic mass is 10.2. The van der Waals surface area contributed by atoms with Gasteiger partial charge in [-0.25, -0.2) is 0 Å². The van der Waals surface area contributed by atoms with Gasteiger partial charge in [-0.05, 0) is 12.8 Å². The van der Waals surface area contributed by atoms with Gasteiger partial charge in [-0.15, -0.1) is 0 Å². The normalized spacial score (nSPS) is 25.2. The summed E-state index contributed by atoms with van der Waals surface area (Å²) in [5.74, 6) is 1.47. The van der Waals surface area contributed by atoms with Gasteiger partial charge in [0.15, 0.2) is 0 Å². The largest absolute Gasteiger partial charge is 0.468 e. The van der Waals surface area contributed by atoms with Gasteiger partial charge >= 0.3 is 5.97 Å². The zero-order valence-electron chi connectivity index (χ0n) is 11.4. The van der Waals surface area contributed by atoms with Crippen molar-refractivity contribution in [2.75, 3.05) is 31.7 Å². The van der Waals surface area contributed by atoms with Crippen molar-refractivity contribution < 1.29 is 14.3 Å². The lowest BCUT2D eigenvalue weighted by Crippen LogP contribution is -2.52. The van der Waals surface area contributed by atoms with E-state index in [1.54, 1.807) is 11.8 Å². The number of nitrogens with one attached hydrogen (secondary N) is 1. The van der Waals surface area contributed by atoms with Crippen LogP contribution in [0.4, 0.5) is 0 Å². The summed E-state index contributed by atoms with van der Waals surface area (Å²) in [5.41, 5.74) is 0. The van der Waals surface area contributed by atoms with E-state index in [0.717, 1.165) is 25.1 Å². The van der Waals surface area contributed by atoms with Crippen LogP contribution in [-0.2, 0) is 14.3 Å². The smallest absolute Gasteiger partial charge is 0.323 e. The molecule has 1 N–H and O–H groups in total. The molecule has 1 aliphatic heterocycles. The fraction of sp³-hybridized carbons (Fsp3) is 0.846. The van der Waals surface area contributed by atoms with Crippen LogP contribution in [0.2, 0.25) is 0 Å². The minimum Gasteiger partial charge on any atom is -0.468 e. The molecule has 6 heteroatoms. The van der Waals surface area contributed by atoms with Crippen LogP contribution in [0, 0.1) is 0 Å². The van der Waals surface area contributed by atoms with Crippen molar-refractivity contribution in [1.29, 1.82) is 0 Å². The Morgan fingerprint density at radius 1 is 1.37 bits per heavy atom. The molecule has 0 radical (unpaired) electrons. The molecule has 108 valence electrons. The lowest BCUT2D eigenvalue weighted by Gasteiger charge is -2.32. The van der Waals surface area contributed by atoms with Gasteiger partial charge in [-0.3, -0.25) is 14.5 Å². The third kappa shape index (κ3) is 4.11. The van der Waals surface area contributed by atoms with Crippen molar-refractivity contribution in [3.8, 4) is 0 Å². The summed E-state index contributed by atoms with van der Waals surface area (Å²) in [6, 6.07) is 0.0568. The van der Waals surface area contributed by atoms with Crippen LogP contribution >= 0.6 is 11.8 Å². The molecule has 1 saturated heterocycles. The standard InChI is InChI=1S/C13H22N2O3S/c1-18-13(17)11-9-19-7-6-15(11)8-12(16)14-10-4-2-3-5-10/h10-11H,2-9H2,1H3,(H,14,16). The van der Waals surface area contributed by atoms with Crippen molar-refractivity contribution in [3.63, 3.8) is 0 Å². The molecule has 5 nitrogen and oxygen atoms in total. The molecular formula is C13H22N2O3S. The first kappa shape index (κ1) is 14.7. The van der Waals surface area contributed by atoms with E-state index in [2.05, 4.69) is 5.32 Å². The Bertz CT molecular complexity index is 332. The average Bonchev–Trinajstić information content (AvgIpc) is 2.91. The first-order chi connectivity index (χ1) is 9.20. The average molecular weight is 286 g/mol. The molecule has 0 spiro atoms. The van der Waals surface area contributed by atoms with Gasteiger partial charge in [0.25, 0.3) is 0 Å². The summed E-state index contributed by atoms with van der Waals surface area (Å²) in [7, 11) is 1.40. The number of esters is 1. The highest BCUT2D eigenvalue weighted by Crippen LogP contribution is 2.19. The molecule has 19 heavy (non-hydrogen) atoms. The lowest BCUT2D eigenvalue weighted by molar-refractivity contribution is -0.146. The van der Waals surface area contributed by atoms with Gasteiger partial charge in [0.1, 0.15) is 6.04 Å². The van der Waals surface area contributed by atoms with Crippen LogP contribution in [0.3, 0.4) is 0 Å². The van der Waals surface area contributed by atoms with Gasteiger partial charge in [-0.2, -0.15) is 11.8 Å². The molecule has 0 bridgehead atoms. The maximum absolute atomic E-state index is 12.0. The highest BCUT2D eigenvalue weighted by atomic mass is 32.2. The predicted octanol–water partition coefficient (Wildman–Crippen LogP) is 0.636. The van der Waals surface area contributed by atoms with Crippen LogP contribution in [0.1, 0.15) is 25.7 Å². The summed E-state index contributed by atoms with van der Waals surface area (Å²) in [5, 5.41) is 3.06.